The van der Waals surface area contributed by atoms with Crippen LogP contribution in [0.5, 0.6) is 5.75 Å². The average molecular weight is 302 g/mol. The van der Waals surface area contributed by atoms with Gasteiger partial charge in [0.25, 0.3) is 5.69 Å². The average Bonchev–Trinajstić information content (AvgIpc) is 2.52. The Balaban J connectivity index is 2.07. The molecule has 0 atom stereocenters. The summed E-state index contributed by atoms with van der Waals surface area (Å²) in [6.07, 6.45) is 0. The third kappa shape index (κ3) is 3.51. The van der Waals surface area contributed by atoms with Gasteiger partial charge in [-0.1, -0.05) is 12.1 Å². The number of nitrogens with zero attached hydrogens (tertiary/aromatic N) is 1. The van der Waals surface area contributed by atoms with Gasteiger partial charge in [0.2, 0.25) is 0 Å². The van der Waals surface area contributed by atoms with Crippen LogP contribution in [0.2, 0.25) is 0 Å². The van der Waals surface area contributed by atoms with Gasteiger partial charge in [0, 0.05) is 12.1 Å². The monoisotopic (exact) mass is 302 g/mol. The number of carbonyl (C=O) groups excluding carboxylic acids is 1. The van der Waals surface area contributed by atoms with E-state index in [1.165, 1.54) is 12.1 Å². The molecule has 2 aromatic rings. The molecular weight excluding hydrogens is 288 g/mol. The molecule has 0 aromatic heterocycles. The summed E-state index contributed by atoms with van der Waals surface area (Å²) in [7, 11) is 1.54. The van der Waals surface area contributed by atoms with Gasteiger partial charge in [-0.3, -0.25) is 10.1 Å². The van der Waals surface area contributed by atoms with Gasteiger partial charge in [0.05, 0.1) is 23.3 Å². The lowest BCUT2D eigenvalue weighted by Gasteiger charge is -2.08. The van der Waals surface area contributed by atoms with Gasteiger partial charge in [-0.15, -0.1) is 0 Å². The lowest BCUT2D eigenvalue weighted by Crippen LogP contribution is -2.08. The molecule has 0 spiro atoms. The maximum atomic E-state index is 12.0. The smallest absolute Gasteiger partial charge is 0.340 e. The minimum absolute atomic E-state index is 0.00448. The lowest BCUT2D eigenvalue weighted by molar-refractivity contribution is -0.384. The van der Waals surface area contributed by atoms with Crippen molar-refractivity contribution >= 4 is 17.3 Å². The van der Waals surface area contributed by atoms with Crippen molar-refractivity contribution in [1.29, 1.82) is 0 Å². The molecule has 0 aliphatic rings. The normalized spacial score (nSPS) is 10.0. The number of nitrogen functional groups attached to an aromatic ring is 1. The highest BCUT2D eigenvalue weighted by atomic mass is 16.6. The summed E-state index contributed by atoms with van der Waals surface area (Å²) in [5.74, 6) is 0.0126. The second kappa shape index (κ2) is 6.57. The molecule has 0 bridgehead atoms. The molecule has 7 heteroatoms. The largest absolute Gasteiger partial charge is 0.497 e. The van der Waals surface area contributed by atoms with Crippen molar-refractivity contribution in [2.45, 2.75) is 6.61 Å². The number of carbonyl (C=O) groups is 1. The Labute approximate surface area is 126 Å². The number of ether oxygens (including phenoxy) is 2. The second-order valence-corrected chi connectivity index (χ2v) is 4.46. The Morgan fingerprint density at radius 3 is 2.68 bits per heavy atom. The highest BCUT2D eigenvalue weighted by molar-refractivity contribution is 5.95. The fourth-order valence-electron chi connectivity index (χ4n) is 1.84. The molecule has 0 fully saturated rings. The maximum Gasteiger partial charge on any atom is 0.340 e. The summed E-state index contributed by atoms with van der Waals surface area (Å²) < 4.78 is 10.2. The van der Waals surface area contributed by atoms with Crippen LogP contribution in [-0.2, 0) is 11.3 Å². The molecule has 2 N–H and O–H groups in total. The summed E-state index contributed by atoms with van der Waals surface area (Å²) in [4.78, 5) is 22.0. The highest BCUT2D eigenvalue weighted by Crippen LogP contribution is 2.21. The standard InChI is InChI=1S/C15H14N2O5/c1-21-12-4-2-3-10(7-12)9-22-15(18)13-6-5-11(17(19)20)8-14(13)16/h2-8H,9,16H2,1H3. The first-order valence-corrected chi connectivity index (χ1v) is 6.35. The summed E-state index contributed by atoms with van der Waals surface area (Å²) in [6.45, 7) is 0.0481. The number of esters is 1. The van der Waals surface area contributed by atoms with Crippen molar-refractivity contribution < 1.29 is 19.2 Å². The van der Waals surface area contributed by atoms with Gasteiger partial charge in [-0.05, 0) is 23.8 Å². The van der Waals surface area contributed by atoms with Gasteiger partial charge >= 0.3 is 5.97 Å². The Morgan fingerprint density at radius 1 is 1.27 bits per heavy atom. The van der Waals surface area contributed by atoms with Crippen molar-refractivity contribution in [3.63, 3.8) is 0 Å². The molecule has 0 amide bonds. The van der Waals surface area contributed by atoms with Gasteiger partial charge in [0.15, 0.2) is 0 Å². The molecule has 0 aliphatic heterocycles. The SMILES string of the molecule is COc1cccc(COC(=O)c2ccc([N+](=O)[O-])cc2N)c1. The van der Waals surface area contributed by atoms with Crippen LogP contribution in [0.25, 0.3) is 0 Å². The Morgan fingerprint density at radius 2 is 2.05 bits per heavy atom. The summed E-state index contributed by atoms with van der Waals surface area (Å²) in [5.41, 5.74) is 6.32. The highest BCUT2D eigenvalue weighted by Gasteiger charge is 2.15. The van der Waals surface area contributed by atoms with Crippen LogP contribution in [0.1, 0.15) is 15.9 Å². The van der Waals surface area contributed by atoms with E-state index in [1.807, 2.05) is 0 Å². The molecule has 0 unspecified atom stereocenters. The fraction of sp³-hybridized carbons (Fsp3) is 0.133. The number of nitro groups is 1. The number of anilines is 1. The maximum absolute atomic E-state index is 12.0. The van der Waals surface area contributed by atoms with Crippen molar-refractivity contribution in [1.82, 2.24) is 0 Å². The van der Waals surface area contributed by atoms with Crippen LogP contribution in [0.4, 0.5) is 11.4 Å². The van der Waals surface area contributed by atoms with Gasteiger partial charge in [-0.25, -0.2) is 4.79 Å². The first-order chi connectivity index (χ1) is 10.5. The predicted molar refractivity (Wildman–Crippen MR) is 79.6 cm³/mol. The Bertz CT molecular complexity index is 715. The number of hydrogen-bond donors (Lipinski definition) is 1. The van der Waals surface area contributed by atoms with E-state index >= 15 is 0 Å². The molecule has 0 heterocycles. The number of nitrogens with two attached hydrogens (primary N) is 1. The molecular formula is C15H14N2O5. The van der Waals surface area contributed by atoms with Gasteiger partial charge in [-0.2, -0.15) is 0 Å². The predicted octanol–water partition coefficient (Wildman–Crippen LogP) is 2.54. The van der Waals surface area contributed by atoms with E-state index in [-0.39, 0.29) is 23.5 Å². The summed E-state index contributed by atoms with van der Waals surface area (Å²) in [5, 5.41) is 10.6. The molecule has 2 rings (SSSR count). The van der Waals surface area contributed by atoms with Crippen LogP contribution in [0.3, 0.4) is 0 Å². The third-order valence-corrected chi connectivity index (χ3v) is 2.97. The van der Waals surface area contributed by atoms with Crippen LogP contribution >= 0.6 is 0 Å². The van der Waals surface area contributed by atoms with Gasteiger partial charge in [0.1, 0.15) is 12.4 Å². The van der Waals surface area contributed by atoms with Crippen LogP contribution in [-0.4, -0.2) is 18.0 Å². The van der Waals surface area contributed by atoms with Crippen molar-refractivity contribution in [3.05, 3.63) is 63.7 Å². The molecule has 7 nitrogen and oxygen atoms in total. The zero-order valence-electron chi connectivity index (χ0n) is 11.8. The van der Waals surface area contributed by atoms with E-state index in [9.17, 15) is 14.9 Å². The van der Waals surface area contributed by atoms with Crippen LogP contribution in [0.15, 0.2) is 42.5 Å². The number of nitro benzene ring substituents is 1. The number of methoxy groups -OCH3 is 1. The van der Waals surface area contributed by atoms with E-state index in [2.05, 4.69) is 0 Å². The first-order valence-electron chi connectivity index (χ1n) is 6.35. The molecule has 22 heavy (non-hydrogen) atoms. The zero-order valence-corrected chi connectivity index (χ0v) is 11.8. The molecule has 2 aromatic carbocycles. The van der Waals surface area contributed by atoms with Gasteiger partial charge < -0.3 is 15.2 Å². The second-order valence-electron chi connectivity index (χ2n) is 4.46. The van der Waals surface area contributed by atoms with E-state index in [1.54, 1.807) is 31.4 Å². The molecule has 0 saturated heterocycles. The molecule has 0 aliphatic carbocycles. The van der Waals surface area contributed by atoms with Crippen molar-refractivity contribution in [2.75, 3.05) is 12.8 Å². The van der Waals surface area contributed by atoms with E-state index in [0.717, 1.165) is 11.6 Å². The quantitative estimate of drug-likeness (QED) is 0.394. The van der Waals surface area contributed by atoms with E-state index in [0.29, 0.717) is 5.75 Å². The van der Waals surface area contributed by atoms with E-state index in [4.69, 9.17) is 15.2 Å². The molecule has 0 saturated carbocycles. The van der Waals surface area contributed by atoms with Crippen LogP contribution in [0, 0.1) is 10.1 Å². The van der Waals surface area contributed by atoms with Crippen LogP contribution < -0.4 is 10.5 Å². The first kappa shape index (κ1) is 15.3. The number of non-ortho nitro benzene ring substituents is 1. The Hall–Kier alpha value is -3.09. The topological polar surface area (TPSA) is 105 Å². The Kier molecular flexibility index (Phi) is 4.57. The summed E-state index contributed by atoms with van der Waals surface area (Å²) >= 11 is 0. The molecule has 114 valence electrons. The third-order valence-electron chi connectivity index (χ3n) is 2.97. The number of hydrogen-bond acceptors (Lipinski definition) is 6. The zero-order chi connectivity index (χ0) is 16.1. The minimum atomic E-state index is -0.643. The fourth-order valence-corrected chi connectivity index (χ4v) is 1.84. The number of rotatable bonds is 5. The lowest BCUT2D eigenvalue weighted by atomic mass is 10.1. The minimum Gasteiger partial charge on any atom is -0.497 e. The van der Waals surface area contributed by atoms with E-state index < -0.39 is 10.9 Å². The number of benzene rings is 2. The van der Waals surface area contributed by atoms with Crippen molar-refractivity contribution in [2.24, 2.45) is 0 Å². The molecule has 0 radical (unpaired) electrons. The summed E-state index contributed by atoms with van der Waals surface area (Å²) in [6, 6.07) is 10.7. The van der Waals surface area contributed by atoms with Crippen molar-refractivity contribution in [3.8, 4) is 5.75 Å².